The number of carbonyl (C=O) groups excluding carboxylic acids is 4. The monoisotopic (exact) mass is 581 g/mol. The second-order valence-electron chi connectivity index (χ2n) is 6.93. The summed E-state index contributed by atoms with van der Waals surface area (Å²) in [5, 5.41) is 24.0. The fourth-order valence-corrected chi connectivity index (χ4v) is 7.98. The minimum absolute atomic E-state index is 0. The molecule has 3 amide bonds. The van der Waals surface area contributed by atoms with E-state index in [9.17, 15) is 24.3 Å². The Kier molecular flexibility index (Phi) is 9.90. The first-order valence-corrected chi connectivity index (χ1v) is 14.2. The van der Waals surface area contributed by atoms with Crippen molar-refractivity contribution in [3.05, 3.63) is 22.3 Å². The number of aromatic nitrogens is 3. The summed E-state index contributed by atoms with van der Waals surface area (Å²) >= 11 is 6.29. The first-order valence-electron chi connectivity index (χ1n) is 9.47. The third kappa shape index (κ3) is 6.71. The smallest absolute Gasteiger partial charge is 0.543 e. The maximum atomic E-state index is 12.7. The number of thioether (sulfide) groups is 3. The molecule has 4 rings (SSSR count). The molecule has 0 radical (unpaired) electrons. The van der Waals surface area contributed by atoms with E-state index in [2.05, 4.69) is 20.5 Å². The number of fused-ring (bicyclic) bond motifs is 1. The zero-order valence-electron chi connectivity index (χ0n) is 18.1. The van der Waals surface area contributed by atoms with Gasteiger partial charge in [0, 0.05) is 16.9 Å². The zero-order valence-corrected chi connectivity index (χ0v) is 24.2. The van der Waals surface area contributed by atoms with Crippen molar-refractivity contribution in [2.75, 3.05) is 23.0 Å². The van der Waals surface area contributed by atoms with Gasteiger partial charge in [-0.15, -0.1) is 33.3 Å². The van der Waals surface area contributed by atoms with Crippen LogP contribution in [0.5, 0.6) is 0 Å². The van der Waals surface area contributed by atoms with Crippen LogP contribution in [0, 0.1) is 0 Å². The summed E-state index contributed by atoms with van der Waals surface area (Å²) in [6.07, 6.45) is -0.0263. The molecule has 0 aliphatic carbocycles. The molecule has 0 aromatic carbocycles. The van der Waals surface area contributed by atoms with Gasteiger partial charge in [0.2, 0.25) is 11.8 Å². The van der Waals surface area contributed by atoms with Gasteiger partial charge in [-0.2, -0.15) is 0 Å². The molecule has 1 unspecified atom stereocenters. The van der Waals surface area contributed by atoms with Crippen LogP contribution in [0.25, 0.3) is 0 Å². The van der Waals surface area contributed by atoms with Crippen LogP contribution in [-0.2, 0) is 25.6 Å². The third-order valence-corrected chi connectivity index (χ3v) is 9.92. The minimum atomic E-state index is -1.45. The van der Waals surface area contributed by atoms with Crippen molar-refractivity contribution in [2.24, 2.45) is 5.73 Å². The van der Waals surface area contributed by atoms with Gasteiger partial charge >= 0.3 is 29.6 Å². The number of hydrogen-bond acceptors (Lipinski definition) is 14. The van der Waals surface area contributed by atoms with Gasteiger partial charge < -0.3 is 26.7 Å². The molecule has 5 N–H and O–H groups in total. The largest absolute Gasteiger partial charge is 1.00 e. The molecule has 12 nitrogen and oxygen atoms in total. The van der Waals surface area contributed by atoms with Gasteiger partial charge in [0.15, 0.2) is 13.8 Å². The maximum absolute atomic E-state index is 12.7. The number of primary amides is 1. The Labute approximate surface area is 241 Å². The Morgan fingerprint density at radius 1 is 1.26 bits per heavy atom. The molecule has 2 aliphatic rings. The van der Waals surface area contributed by atoms with Gasteiger partial charge in [0.1, 0.15) is 11.4 Å². The van der Waals surface area contributed by atoms with Crippen LogP contribution in [0.2, 0.25) is 0 Å². The maximum Gasteiger partial charge on any atom is 1.00 e. The summed E-state index contributed by atoms with van der Waals surface area (Å²) in [6, 6.07) is -0.829. The summed E-state index contributed by atoms with van der Waals surface area (Å²) in [4.78, 5) is 53.0. The van der Waals surface area contributed by atoms with E-state index in [1.165, 1.54) is 62.9 Å². The summed E-state index contributed by atoms with van der Waals surface area (Å²) in [6.45, 7) is 0. The molecule has 35 heavy (non-hydrogen) atoms. The van der Waals surface area contributed by atoms with Crippen LogP contribution in [-0.4, -0.2) is 72.4 Å². The normalized spacial score (nSPS) is 19.0. The van der Waals surface area contributed by atoms with E-state index in [0.717, 1.165) is 0 Å². The standard InChI is InChI=1S/C17H17N7O5S5.Na/c18-8(25)5-33-17-23-22-16(34-17)32-3-6-2-30-13-10(12(27)24(13)11(6)14(28)29)21-9(26)1-7-4-31-15(19)20-7;/h4,10,13H,1-3,5H2,(H2,18,25)(H2,19,20)(H,21,26)(H,28,29);/q;+1/p-1/t10?,13-;/m0./s1. The van der Waals surface area contributed by atoms with Crippen molar-refractivity contribution in [2.45, 2.75) is 26.5 Å². The van der Waals surface area contributed by atoms with Gasteiger partial charge in [-0.3, -0.25) is 19.3 Å². The molecule has 0 spiro atoms. The van der Waals surface area contributed by atoms with Crippen molar-refractivity contribution in [3.63, 3.8) is 0 Å². The Bertz CT molecular complexity index is 1190. The number of nitrogens with one attached hydrogen (secondary N) is 1. The van der Waals surface area contributed by atoms with Gasteiger partial charge in [-0.25, -0.2) is 4.98 Å². The Morgan fingerprint density at radius 3 is 2.60 bits per heavy atom. The van der Waals surface area contributed by atoms with Crippen LogP contribution < -0.4 is 51.4 Å². The fourth-order valence-electron chi connectivity index (χ4n) is 3.17. The van der Waals surface area contributed by atoms with Gasteiger partial charge in [0.05, 0.1) is 29.5 Å². The Hall–Kier alpha value is -1.34. The van der Waals surface area contributed by atoms with Gasteiger partial charge in [0.25, 0.3) is 5.91 Å². The molecular weight excluding hydrogens is 566 g/mol. The van der Waals surface area contributed by atoms with Gasteiger partial charge in [-0.1, -0.05) is 34.9 Å². The molecule has 2 atom stereocenters. The van der Waals surface area contributed by atoms with Crippen LogP contribution >= 0.6 is 58.0 Å². The molecule has 18 heteroatoms. The molecule has 1 saturated heterocycles. The number of aliphatic carboxylic acids is 1. The first-order chi connectivity index (χ1) is 16.2. The second kappa shape index (κ2) is 12.3. The van der Waals surface area contributed by atoms with Crippen LogP contribution in [0.3, 0.4) is 0 Å². The molecule has 2 aliphatic heterocycles. The SMILES string of the molecule is NC(=O)CSc1nnc(SCC2=C(C(=O)[O-])N3C(=O)C(NC(=O)Cc4csc(N)n4)[C@@H]3SC2)s1.[Na+]. The molecule has 1 fully saturated rings. The molecule has 180 valence electrons. The average molecular weight is 582 g/mol. The summed E-state index contributed by atoms with van der Waals surface area (Å²) < 4.78 is 1.16. The zero-order chi connectivity index (χ0) is 24.4. The number of carbonyl (C=O) groups is 4. The van der Waals surface area contributed by atoms with E-state index in [1.54, 1.807) is 5.38 Å². The fraction of sp³-hybridized carbons (Fsp3) is 0.353. The Balaban J connectivity index is 0.00000342. The Morgan fingerprint density at radius 2 is 1.97 bits per heavy atom. The first kappa shape index (κ1) is 28.2. The summed E-state index contributed by atoms with van der Waals surface area (Å²) in [5.74, 6) is -2.12. The molecule has 2 aromatic heterocycles. The topological polar surface area (TPSA) is 197 Å². The van der Waals surface area contributed by atoms with Crippen LogP contribution in [0.4, 0.5) is 5.13 Å². The molecule has 0 saturated carbocycles. The number of β-lactam (4-membered cyclic amide) rings is 1. The number of anilines is 1. The average Bonchev–Trinajstić information content (AvgIpc) is 3.42. The van der Waals surface area contributed by atoms with E-state index in [4.69, 9.17) is 11.5 Å². The predicted octanol–water partition coefficient (Wildman–Crippen LogP) is -4.10. The van der Waals surface area contributed by atoms with Crippen LogP contribution in [0.15, 0.2) is 25.3 Å². The van der Waals surface area contributed by atoms with E-state index in [1.807, 2.05) is 0 Å². The number of thiazole rings is 1. The minimum Gasteiger partial charge on any atom is -0.543 e. The van der Waals surface area contributed by atoms with Gasteiger partial charge in [-0.05, 0) is 5.57 Å². The quantitative estimate of drug-likeness (QED) is 0.139. The molecule has 4 heterocycles. The number of rotatable bonds is 10. The summed E-state index contributed by atoms with van der Waals surface area (Å²) in [5.41, 5.74) is 11.5. The van der Waals surface area contributed by atoms with E-state index < -0.39 is 35.1 Å². The van der Waals surface area contributed by atoms with Crippen molar-refractivity contribution < 1.29 is 53.8 Å². The van der Waals surface area contributed by atoms with E-state index in [-0.39, 0.29) is 53.2 Å². The van der Waals surface area contributed by atoms with E-state index in [0.29, 0.717) is 30.8 Å². The van der Waals surface area contributed by atoms with Crippen molar-refractivity contribution >= 4 is 86.8 Å². The van der Waals surface area contributed by atoms with Crippen LogP contribution in [0.1, 0.15) is 5.69 Å². The predicted molar refractivity (Wildman–Crippen MR) is 128 cm³/mol. The number of carboxylic acid groups (broad SMARTS) is 1. The van der Waals surface area contributed by atoms with Crippen molar-refractivity contribution in [1.29, 1.82) is 0 Å². The molecule has 0 bridgehead atoms. The second-order valence-corrected chi connectivity index (χ2v) is 12.3. The molecule has 2 aromatic rings. The number of hydrogen-bond donors (Lipinski definition) is 3. The number of amides is 3. The third-order valence-electron chi connectivity index (χ3n) is 4.56. The van der Waals surface area contributed by atoms with Crippen molar-refractivity contribution in [3.8, 4) is 0 Å². The summed E-state index contributed by atoms with van der Waals surface area (Å²) in [7, 11) is 0. The number of nitrogens with zero attached hydrogens (tertiary/aromatic N) is 4. The number of nitrogen functional groups attached to an aromatic ring is 1. The molecular formula is C17H16N7NaO5S5. The van der Waals surface area contributed by atoms with E-state index >= 15 is 0 Å². The van der Waals surface area contributed by atoms with Crippen molar-refractivity contribution in [1.82, 2.24) is 25.4 Å². The number of nitrogens with two attached hydrogens (primary N) is 2. The number of carboxylic acids is 1.